The lowest BCUT2D eigenvalue weighted by Gasteiger charge is -2.24. The van der Waals surface area contributed by atoms with Crippen LogP contribution in [-0.2, 0) is 0 Å². The molecular weight excluding hydrogens is 242 g/mol. The van der Waals surface area contributed by atoms with E-state index in [1.807, 2.05) is 6.07 Å². The Hall–Kier alpha value is -0.830. The molecule has 0 amide bonds. The monoisotopic (exact) mass is 267 g/mol. The predicted molar refractivity (Wildman–Crippen MR) is 80.8 cm³/mol. The van der Waals surface area contributed by atoms with Crippen molar-refractivity contribution < 1.29 is 4.79 Å². The molecule has 0 unspecified atom stereocenters. The Balaban J connectivity index is 2.65. The van der Waals surface area contributed by atoms with Crippen molar-refractivity contribution in [2.75, 3.05) is 18.0 Å². The SMILES string of the molecule is CC(C)CCN(CCC(C)C)c1ccc(C=O)s1. The van der Waals surface area contributed by atoms with Crippen LogP contribution in [0.25, 0.3) is 0 Å². The van der Waals surface area contributed by atoms with Gasteiger partial charge in [0, 0.05) is 13.1 Å². The molecule has 3 heteroatoms. The predicted octanol–water partition coefficient (Wildman–Crippen LogP) is 4.46. The average Bonchev–Trinajstić information content (AvgIpc) is 2.77. The standard InChI is InChI=1S/C15H25NOS/c1-12(2)7-9-16(10-8-13(3)4)15-6-5-14(11-17)18-15/h5-6,11-13H,7-10H2,1-4H3. The van der Waals surface area contributed by atoms with E-state index >= 15 is 0 Å². The van der Waals surface area contributed by atoms with E-state index in [-0.39, 0.29) is 0 Å². The van der Waals surface area contributed by atoms with Gasteiger partial charge in [-0.1, -0.05) is 27.7 Å². The lowest BCUT2D eigenvalue weighted by Crippen LogP contribution is -2.26. The first kappa shape index (κ1) is 15.2. The molecule has 0 atom stereocenters. The molecule has 18 heavy (non-hydrogen) atoms. The fourth-order valence-electron chi connectivity index (χ4n) is 1.74. The van der Waals surface area contributed by atoms with E-state index < -0.39 is 0 Å². The molecular formula is C15H25NOS. The molecule has 0 bridgehead atoms. The van der Waals surface area contributed by atoms with Crippen molar-refractivity contribution in [3.8, 4) is 0 Å². The fraction of sp³-hybridized carbons (Fsp3) is 0.667. The van der Waals surface area contributed by atoms with Crippen LogP contribution in [0, 0.1) is 11.8 Å². The summed E-state index contributed by atoms with van der Waals surface area (Å²) in [6.07, 6.45) is 3.34. The molecule has 102 valence electrons. The van der Waals surface area contributed by atoms with Gasteiger partial charge in [0.05, 0.1) is 9.88 Å². The summed E-state index contributed by atoms with van der Waals surface area (Å²) < 4.78 is 0. The van der Waals surface area contributed by atoms with Crippen molar-refractivity contribution in [3.05, 3.63) is 17.0 Å². The lowest BCUT2D eigenvalue weighted by atomic mass is 10.1. The van der Waals surface area contributed by atoms with E-state index in [4.69, 9.17) is 0 Å². The number of carbonyl (C=O) groups is 1. The highest BCUT2D eigenvalue weighted by molar-refractivity contribution is 7.17. The van der Waals surface area contributed by atoms with Crippen LogP contribution in [-0.4, -0.2) is 19.4 Å². The Labute approximate surface area is 115 Å². The molecule has 0 saturated heterocycles. The second-order valence-electron chi connectivity index (χ2n) is 5.65. The van der Waals surface area contributed by atoms with Crippen LogP contribution in [0.5, 0.6) is 0 Å². The largest absolute Gasteiger partial charge is 0.363 e. The molecule has 0 spiro atoms. The van der Waals surface area contributed by atoms with Gasteiger partial charge in [-0.2, -0.15) is 0 Å². The zero-order valence-electron chi connectivity index (χ0n) is 12.0. The Bertz CT molecular complexity index is 345. The van der Waals surface area contributed by atoms with Crippen molar-refractivity contribution in [3.63, 3.8) is 0 Å². The Kier molecular flexibility index (Phi) is 6.41. The number of carbonyl (C=O) groups excluding carboxylic acids is 1. The molecule has 0 N–H and O–H groups in total. The van der Waals surface area contributed by atoms with Crippen molar-refractivity contribution >= 4 is 22.6 Å². The first-order valence-corrected chi connectivity index (χ1v) is 7.64. The second kappa shape index (κ2) is 7.57. The van der Waals surface area contributed by atoms with Gasteiger partial charge < -0.3 is 4.90 Å². The van der Waals surface area contributed by atoms with Crippen LogP contribution in [0.3, 0.4) is 0 Å². The van der Waals surface area contributed by atoms with Crippen LogP contribution >= 0.6 is 11.3 Å². The lowest BCUT2D eigenvalue weighted by molar-refractivity contribution is 0.112. The van der Waals surface area contributed by atoms with Gasteiger partial charge in [-0.25, -0.2) is 0 Å². The average molecular weight is 267 g/mol. The summed E-state index contributed by atoms with van der Waals surface area (Å²) in [6, 6.07) is 4.00. The normalized spacial score (nSPS) is 11.2. The minimum Gasteiger partial charge on any atom is -0.363 e. The third-order valence-corrected chi connectivity index (χ3v) is 4.06. The van der Waals surface area contributed by atoms with Gasteiger partial charge >= 0.3 is 0 Å². The smallest absolute Gasteiger partial charge is 0.160 e. The number of nitrogens with zero attached hydrogens (tertiary/aromatic N) is 1. The van der Waals surface area contributed by atoms with E-state index in [1.54, 1.807) is 11.3 Å². The summed E-state index contributed by atoms with van der Waals surface area (Å²) in [5, 5.41) is 1.23. The first-order valence-electron chi connectivity index (χ1n) is 6.83. The van der Waals surface area contributed by atoms with E-state index in [9.17, 15) is 4.79 Å². The van der Waals surface area contributed by atoms with Gasteiger partial charge in [0.1, 0.15) is 0 Å². The third-order valence-electron chi connectivity index (χ3n) is 2.99. The number of anilines is 1. The Morgan fingerprint density at radius 2 is 1.67 bits per heavy atom. The van der Waals surface area contributed by atoms with Gasteiger partial charge in [0.25, 0.3) is 0 Å². The zero-order chi connectivity index (χ0) is 13.5. The molecule has 0 aliphatic rings. The zero-order valence-corrected chi connectivity index (χ0v) is 12.8. The maximum absolute atomic E-state index is 10.8. The molecule has 2 nitrogen and oxygen atoms in total. The molecule has 0 radical (unpaired) electrons. The highest BCUT2D eigenvalue weighted by atomic mass is 32.1. The van der Waals surface area contributed by atoms with Gasteiger partial charge in [0.2, 0.25) is 0 Å². The Morgan fingerprint density at radius 1 is 1.11 bits per heavy atom. The second-order valence-corrected chi connectivity index (χ2v) is 6.74. The van der Waals surface area contributed by atoms with Crippen molar-refractivity contribution in [2.45, 2.75) is 40.5 Å². The Morgan fingerprint density at radius 3 is 2.06 bits per heavy atom. The quantitative estimate of drug-likeness (QED) is 0.648. The summed E-state index contributed by atoms with van der Waals surface area (Å²) >= 11 is 1.60. The van der Waals surface area contributed by atoms with E-state index in [0.717, 1.165) is 36.1 Å². The summed E-state index contributed by atoms with van der Waals surface area (Å²) in [5.74, 6) is 1.44. The van der Waals surface area contributed by atoms with Crippen LogP contribution in [0.15, 0.2) is 12.1 Å². The maximum atomic E-state index is 10.8. The molecule has 1 heterocycles. The topological polar surface area (TPSA) is 20.3 Å². The van der Waals surface area contributed by atoms with Crippen LogP contribution in [0.4, 0.5) is 5.00 Å². The number of rotatable bonds is 8. The molecule has 0 saturated carbocycles. The molecule has 1 rings (SSSR count). The van der Waals surface area contributed by atoms with Crippen LogP contribution in [0.2, 0.25) is 0 Å². The number of thiophene rings is 1. The third kappa shape index (κ3) is 5.21. The highest BCUT2D eigenvalue weighted by Crippen LogP contribution is 2.26. The van der Waals surface area contributed by atoms with E-state index in [0.29, 0.717) is 0 Å². The highest BCUT2D eigenvalue weighted by Gasteiger charge is 2.10. The molecule has 0 aromatic carbocycles. The van der Waals surface area contributed by atoms with Crippen molar-refractivity contribution in [1.29, 1.82) is 0 Å². The summed E-state index contributed by atoms with van der Waals surface area (Å²) in [6.45, 7) is 11.2. The summed E-state index contributed by atoms with van der Waals surface area (Å²) in [4.78, 5) is 14.0. The minimum absolute atomic E-state index is 0.719. The van der Waals surface area contributed by atoms with Gasteiger partial charge in [-0.15, -0.1) is 11.3 Å². The number of hydrogen-bond donors (Lipinski definition) is 0. The summed E-state index contributed by atoms with van der Waals surface area (Å²) in [5.41, 5.74) is 0. The molecule has 0 fully saturated rings. The molecule has 0 aliphatic heterocycles. The van der Waals surface area contributed by atoms with Crippen molar-refractivity contribution in [2.24, 2.45) is 11.8 Å². The summed E-state index contributed by atoms with van der Waals surface area (Å²) in [7, 11) is 0. The number of hydrogen-bond acceptors (Lipinski definition) is 3. The van der Waals surface area contributed by atoms with Crippen molar-refractivity contribution in [1.82, 2.24) is 0 Å². The van der Waals surface area contributed by atoms with Gasteiger partial charge in [0.15, 0.2) is 6.29 Å². The number of aldehydes is 1. The fourth-order valence-corrected chi connectivity index (χ4v) is 2.61. The molecule has 1 aromatic heterocycles. The minimum atomic E-state index is 0.719. The van der Waals surface area contributed by atoms with E-state index in [1.165, 1.54) is 17.8 Å². The van der Waals surface area contributed by atoms with Crippen LogP contribution in [0.1, 0.15) is 50.2 Å². The maximum Gasteiger partial charge on any atom is 0.160 e. The van der Waals surface area contributed by atoms with Gasteiger partial charge in [-0.05, 0) is 36.8 Å². The molecule has 0 aliphatic carbocycles. The van der Waals surface area contributed by atoms with Gasteiger partial charge in [-0.3, -0.25) is 4.79 Å². The first-order chi connectivity index (χ1) is 8.52. The molecule has 1 aromatic rings. The van der Waals surface area contributed by atoms with Crippen LogP contribution < -0.4 is 4.90 Å². The van der Waals surface area contributed by atoms with E-state index in [2.05, 4.69) is 38.7 Å².